The first kappa shape index (κ1) is 15.0. The fraction of sp³-hybridized carbons (Fsp3) is 0.214. The van der Waals surface area contributed by atoms with Crippen molar-refractivity contribution in [1.29, 1.82) is 0 Å². The number of aromatic nitrogens is 1. The van der Waals surface area contributed by atoms with E-state index in [0.29, 0.717) is 28.7 Å². The number of carbonyl (C=O) groups excluding carboxylic acids is 2. The fourth-order valence-corrected chi connectivity index (χ4v) is 2.28. The van der Waals surface area contributed by atoms with Crippen LogP contribution in [0.25, 0.3) is 0 Å². The lowest BCUT2D eigenvalue weighted by molar-refractivity contribution is 0.0950. The van der Waals surface area contributed by atoms with E-state index >= 15 is 0 Å². The number of hydrogen-bond donors (Lipinski definition) is 2. The average Bonchev–Trinajstić information content (AvgIpc) is 2.96. The zero-order chi connectivity index (χ0) is 15.2. The summed E-state index contributed by atoms with van der Waals surface area (Å²) >= 11 is 1.21. The van der Waals surface area contributed by atoms with Crippen molar-refractivity contribution in [2.24, 2.45) is 0 Å². The molecule has 0 radical (unpaired) electrons. The van der Waals surface area contributed by atoms with Gasteiger partial charge in [0.05, 0.1) is 7.11 Å². The molecule has 0 fully saturated rings. The Hall–Kier alpha value is -2.41. The monoisotopic (exact) mass is 305 g/mol. The van der Waals surface area contributed by atoms with Gasteiger partial charge in [0, 0.05) is 17.5 Å². The van der Waals surface area contributed by atoms with Gasteiger partial charge < -0.3 is 10.1 Å². The highest BCUT2D eigenvalue weighted by atomic mass is 32.1. The minimum Gasteiger partial charge on any atom is -0.497 e. The predicted octanol–water partition coefficient (Wildman–Crippen LogP) is 2.15. The molecule has 2 rings (SSSR count). The van der Waals surface area contributed by atoms with E-state index in [1.165, 1.54) is 11.3 Å². The standard InChI is InChI=1S/C14H15N3O3S/c1-3-15-13(19)11-8-21-14(16-11)17-12(18)9-4-6-10(20-2)7-5-9/h4-8H,3H2,1-2H3,(H,15,19)(H,16,17,18). The Labute approximate surface area is 126 Å². The van der Waals surface area contributed by atoms with Crippen molar-refractivity contribution < 1.29 is 14.3 Å². The van der Waals surface area contributed by atoms with Crippen molar-refractivity contribution >= 4 is 28.3 Å². The molecule has 6 nitrogen and oxygen atoms in total. The van der Waals surface area contributed by atoms with Crippen LogP contribution in [0.5, 0.6) is 5.75 Å². The lowest BCUT2D eigenvalue weighted by Crippen LogP contribution is -2.23. The second-order valence-electron chi connectivity index (χ2n) is 4.08. The van der Waals surface area contributed by atoms with Gasteiger partial charge in [0.1, 0.15) is 11.4 Å². The number of rotatable bonds is 5. The molecule has 0 aliphatic rings. The van der Waals surface area contributed by atoms with Gasteiger partial charge >= 0.3 is 0 Å². The minimum atomic E-state index is -0.283. The molecule has 0 saturated carbocycles. The molecule has 0 saturated heterocycles. The number of benzene rings is 1. The van der Waals surface area contributed by atoms with E-state index in [4.69, 9.17) is 4.74 Å². The normalized spacial score (nSPS) is 10.0. The summed E-state index contributed by atoms with van der Waals surface area (Å²) in [6, 6.07) is 6.73. The number of methoxy groups -OCH3 is 1. The average molecular weight is 305 g/mol. The quantitative estimate of drug-likeness (QED) is 0.887. The molecule has 1 aromatic carbocycles. The molecule has 0 atom stereocenters. The lowest BCUT2D eigenvalue weighted by Gasteiger charge is -2.03. The molecule has 1 aromatic heterocycles. The summed E-state index contributed by atoms with van der Waals surface area (Å²) in [5.41, 5.74) is 0.789. The molecule has 110 valence electrons. The van der Waals surface area contributed by atoms with Gasteiger partial charge in [0.25, 0.3) is 11.8 Å². The van der Waals surface area contributed by atoms with Crippen LogP contribution in [0.15, 0.2) is 29.6 Å². The van der Waals surface area contributed by atoms with E-state index in [9.17, 15) is 9.59 Å². The Morgan fingerprint density at radius 1 is 1.24 bits per heavy atom. The minimum absolute atomic E-state index is 0.251. The molecule has 0 aliphatic carbocycles. The van der Waals surface area contributed by atoms with E-state index in [0.717, 1.165) is 0 Å². The van der Waals surface area contributed by atoms with E-state index in [-0.39, 0.29) is 11.8 Å². The third kappa shape index (κ3) is 3.79. The summed E-state index contributed by atoms with van der Waals surface area (Å²) in [6.07, 6.45) is 0. The number of nitrogens with zero attached hydrogens (tertiary/aromatic N) is 1. The zero-order valence-electron chi connectivity index (χ0n) is 11.7. The molecular formula is C14H15N3O3S. The van der Waals surface area contributed by atoms with Gasteiger partial charge in [-0.25, -0.2) is 4.98 Å². The summed E-state index contributed by atoms with van der Waals surface area (Å²) in [4.78, 5) is 27.7. The van der Waals surface area contributed by atoms with Gasteiger partial charge in [-0.2, -0.15) is 0 Å². The van der Waals surface area contributed by atoms with Crippen molar-refractivity contribution in [3.8, 4) is 5.75 Å². The highest BCUT2D eigenvalue weighted by Gasteiger charge is 2.12. The van der Waals surface area contributed by atoms with Crippen LogP contribution in [0.4, 0.5) is 5.13 Å². The van der Waals surface area contributed by atoms with Crippen LogP contribution in [-0.2, 0) is 0 Å². The topological polar surface area (TPSA) is 80.3 Å². The van der Waals surface area contributed by atoms with Crippen LogP contribution in [0.1, 0.15) is 27.8 Å². The predicted molar refractivity (Wildman–Crippen MR) is 81.1 cm³/mol. The van der Waals surface area contributed by atoms with Crippen LogP contribution in [0.2, 0.25) is 0 Å². The van der Waals surface area contributed by atoms with E-state index in [1.807, 2.05) is 6.92 Å². The van der Waals surface area contributed by atoms with Crippen LogP contribution >= 0.6 is 11.3 Å². The molecule has 2 aromatic rings. The number of carbonyl (C=O) groups is 2. The fourth-order valence-electron chi connectivity index (χ4n) is 1.60. The van der Waals surface area contributed by atoms with E-state index in [2.05, 4.69) is 15.6 Å². The Balaban J connectivity index is 2.03. The SMILES string of the molecule is CCNC(=O)c1csc(NC(=O)c2ccc(OC)cc2)n1. The number of anilines is 1. The number of ether oxygens (including phenoxy) is 1. The Kier molecular flexibility index (Phi) is 4.89. The van der Waals surface area contributed by atoms with Gasteiger partial charge in [-0.3, -0.25) is 14.9 Å². The summed E-state index contributed by atoms with van der Waals surface area (Å²) in [7, 11) is 1.56. The van der Waals surface area contributed by atoms with E-state index in [1.54, 1.807) is 36.8 Å². The first-order valence-corrected chi connectivity index (χ1v) is 7.21. The molecule has 1 heterocycles. The van der Waals surface area contributed by atoms with Gasteiger partial charge in [0.15, 0.2) is 5.13 Å². The number of amides is 2. The Morgan fingerprint density at radius 3 is 2.57 bits per heavy atom. The third-order valence-electron chi connectivity index (χ3n) is 2.65. The van der Waals surface area contributed by atoms with Crippen molar-refractivity contribution in [3.63, 3.8) is 0 Å². The maximum Gasteiger partial charge on any atom is 0.270 e. The van der Waals surface area contributed by atoms with Crippen molar-refractivity contribution in [3.05, 3.63) is 40.9 Å². The van der Waals surface area contributed by atoms with Gasteiger partial charge in [-0.1, -0.05) is 0 Å². The van der Waals surface area contributed by atoms with Crippen molar-refractivity contribution in [1.82, 2.24) is 10.3 Å². The molecule has 0 bridgehead atoms. The number of hydrogen-bond acceptors (Lipinski definition) is 5. The van der Waals surface area contributed by atoms with E-state index < -0.39 is 0 Å². The highest BCUT2D eigenvalue weighted by molar-refractivity contribution is 7.14. The van der Waals surface area contributed by atoms with Crippen molar-refractivity contribution in [2.45, 2.75) is 6.92 Å². The highest BCUT2D eigenvalue weighted by Crippen LogP contribution is 2.17. The summed E-state index contributed by atoms with van der Waals surface area (Å²) in [5.74, 6) is 0.146. The van der Waals surface area contributed by atoms with Gasteiger partial charge in [-0.05, 0) is 31.2 Å². The maximum atomic E-state index is 12.0. The zero-order valence-corrected chi connectivity index (χ0v) is 12.5. The lowest BCUT2D eigenvalue weighted by atomic mass is 10.2. The second kappa shape index (κ2) is 6.85. The molecule has 7 heteroatoms. The van der Waals surface area contributed by atoms with Gasteiger partial charge in [0.2, 0.25) is 0 Å². The number of thiazole rings is 1. The molecule has 2 amide bonds. The van der Waals surface area contributed by atoms with Crippen LogP contribution < -0.4 is 15.4 Å². The summed E-state index contributed by atoms with van der Waals surface area (Å²) in [5, 5.41) is 7.30. The Bertz CT molecular complexity index is 637. The largest absolute Gasteiger partial charge is 0.497 e. The first-order chi connectivity index (χ1) is 10.1. The molecule has 2 N–H and O–H groups in total. The van der Waals surface area contributed by atoms with Crippen LogP contribution in [-0.4, -0.2) is 30.5 Å². The van der Waals surface area contributed by atoms with Crippen LogP contribution in [0.3, 0.4) is 0 Å². The summed E-state index contributed by atoms with van der Waals surface area (Å²) < 4.78 is 5.03. The third-order valence-corrected chi connectivity index (χ3v) is 3.40. The van der Waals surface area contributed by atoms with Crippen molar-refractivity contribution in [2.75, 3.05) is 19.0 Å². The molecule has 0 spiro atoms. The Morgan fingerprint density at radius 2 is 1.95 bits per heavy atom. The van der Waals surface area contributed by atoms with Crippen LogP contribution in [0, 0.1) is 0 Å². The summed E-state index contributed by atoms with van der Waals surface area (Å²) in [6.45, 7) is 2.36. The first-order valence-electron chi connectivity index (χ1n) is 6.33. The molecule has 21 heavy (non-hydrogen) atoms. The van der Waals surface area contributed by atoms with Gasteiger partial charge in [-0.15, -0.1) is 11.3 Å². The second-order valence-corrected chi connectivity index (χ2v) is 4.94. The number of nitrogens with one attached hydrogen (secondary N) is 2. The maximum absolute atomic E-state index is 12.0. The molecule has 0 aliphatic heterocycles. The molecular weight excluding hydrogens is 290 g/mol. The smallest absolute Gasteiger partial charge is 0.270 e. The molecule has 0 unspecified atom stereocenters.